The SMILES string of the molecule is COc1ccc(F)c(-c2ccc(C3CCc4ccc(CC(C)C(=O)O)cc4O3)nc2N2CCC2)c1. The lowest BCUT2D eigenvalue weighted by molar-refractivity contribution is -0.141. The van der Waals surface area contributed by atoms with Crippen molar-refractivity contribution in [1.82, 2.24) is 4.98 Å². The average molecular weight is 477 g/mol. The molecule has 2 aliphatic heterocycles. The maximum Gasteiger partial charge on any atom is 0.306 e. The van der Waals surface area contributed by atoms with Crippen LogP contribution in [0.2, 0.25) is 0 Å². The predicted octanol–water partition coefficient (Wildman–Crippen LogP) is 5.44. The van der Waals surface area contributed by atoms with Gasteiger partial charge in [-0.3, -0.25) is 4.79 Å². The summed E-state index contributed by atoms with van der Waals surface area (Å²) in [7, 11) is 1.57. The fraction of sp³-hybridized carbons (Fsp3) is 0.357. The maximum atomic E-state index is 14.8. The summed E-state index contributed by atoms with van der Waals surface area (Å²) in [4.78, 5) is 18.4. The van der Waals surface area contributed by atoms with Crippen molar-refractivity contribution in [2.75, 3.05) is 25.1 Å². The molecule has 5 rings (SSSR count). The number of hydrogen-bond donors (Lipinski definition) is 1. The van der Waals surface area contributed by atoms with Crippen molar-refractivity contribution in [2.24, 2.45) is 5.92 Å². The molecule has 2 unspecified atom stereocenters. The van der Waals surface area contributed by atoms with Crippen molar-refractivity contribution in [2.45, 2.75) is 38.7 Å². The van der Waals surface area contributed by atoms with Gasteiger partial charge in [-0.2, -0.15) is 0 Å². The summed E-state index contributed by atoms with van der Waals surface area (Å²) in [5, 5.41) is 9.25. The number of aliphatic carboxylic acids is 1. The minimum atomic E-state index is -0.809. The number of carbonyl (C=O) groups is 1. The molecule has 2 aliphatic rings. The first-order chi connectivity index (χ1) is 16.9. The first-order valence-electron chi connectivity index (χ1n) is 12.0. The highest BCUT2D eigenvalue weighted by Gasteiger charge is 2.27. The number of aryl methyl sites for hydroxylation is 1. The van der Waals surface area contributed by atoms with Crippen molar-refractivity contribution in [3.63, 3.8) is 0 Å². The molecule has 0 amide bonds. The van der Waals surface area contributed by atoms with Crippen LogP contribution in [0.15, 0.2) is 48.5 Å². The minimum Gasteiger partial charge on any atom is -0.497 e. The Morgan fingerprint density at radius 2 is 2.03 bits per heavy atom. The molecule has 1 fully saturated rings. The summed E-state index contributed by atoms with van der Waals surface area (Å²) in [6, 6.07) is 14.6. The average Bonchev–Trinajstić information content (AvgIpc) is 2.83. The molecule has 0 bridgehead atoms. The standard InChI is InChI=1S/C28H29FN2O4/c1-17(28(32)33)14-18-4-5-19-6-11-25(35-26(19)15-18)24-10-8-21(27(30-24)31-12-3-13-31)22-16-20(34-2)7-9-23(22)29/h4-5,7-10,15-17,25H,3,6,11-14H2,1-2H3,(H,32,33). The molecule has 6 nitrogen and oxygen atoms in total. The molecule has 0 aliphatic carbocycles. The second-order valence-corrected chi connectivity index (χ2v) is 9.32. The number of methoxy groups -OCH3 is 1. The number of rotatable bonds is 7. The van der Waals surface area contributed by atoms with Gasteiger partial charge in [0, 0.05) is 24.2 Å². The zero-order valence-corrected chi connectivity index (χ0v) is 20.0. The van der Waals surface area contributed by atoms with Crippen LogP contribution in [0.4, 0.5) is 10.2 Å². The van der Waals surface area contributed by atoms with Gasteiger partial charge >= 0.3 is 5.97 Å². The number of carboxylic acids is 1. The van der Waals surface area contributed by atoms with Crippen LogP contribution in [0.1, 0.15) is 42.7 Å². The third-order valence-corrected chi connectivity index (χ3v) is 6.89. The second-order valence-electron chi connectivity index (χ2n) is 9.32. The first-order valence-corrected chi connectivity index (χ1v) is 12.0. The number of halogens is 1. The molecule has 1 aromatic heterocycles. The van der Waals surface area contributed by atoms with Gasteiger partial charge in [-0.25, -0.2) is 9.37 Å². The number of fused-ring (bicyclic) bond motifs is 1. The van der Waals surface area contributed by atoms with Gasteiger partial charge in [-0.1, -0.05) is 19.1 Å². The fourth-order valence-corrected chi connectivity index (χ4v) is 4.65. The Kier molecular flexibility index (Phi) is 6.32. The van der Waals surface area contributed by atoms with E-state index in [0.29, 0.717) is 17.7 Å². The van der Waals surface area contributed by atoms with Crippen molar-refractivity contribution >= 4 is 11.8 Å². The van der Waals surface area contributed by atoms with Gasteiger partial charge in [0.15, 0.2) is 0 Å². The number of carboxylic acid groups (broad SMARTS) is 1. The molecule has 3 aromatic rings. The van der Waals surface area contributed by atoms with E-state index in [0.717, 1.165) is 66.3 Å². The molecule has 182 valence electrons. The van der Waals surface area contributed by atoms with Crippen LogP contribution in [-0.2, 0) is 17.6 Å². The van der Waals surface area contributed by atoms with Crippen LogP contribution in [0.25, 0.3) is 11.1 Å². The van der Waals surface area contributed by atoms with Crippen LogP contribution >= 0.6 is 0 Å². The number of aromatic nitrogens is 1. The van der Waals surface area contributed by atoms with E-state index in [9.17, 15) is 14.3 Å². The van der Waals surface area contributed by atoms with Crippen LogP contribution in [0.5, 0.6) is 11.5 Å². The van der Waals surface area contributed by atoms with Crippen molar-refractivity contribution in [1.29, 1.82) is 0 Å². The van der Waals surface area contributed by atoms with E-state index < -0.39 is 11.9 Å². The highest BCUT2D eigenvalue weighted by atomic mass is 19.1. The summed E-state index contributed by atoms with van der Waals surface area (Å²) in [5.74, 6) is 0.564. The summed E-state index contributed by atoms with van der Waals surface area (Å²) >= 11 is 0. The molecule has 1 N–H and O–H groups in total. The maximum absolute atomic E-state index is 14.8. The van der Waals surface area contributed by atoms with Gasteiger partial charge in [-0.05, 0) is 73.2 Å². The van der Waals surface area contributed by atoms with E-state index in [1.807, 2.05) is 30.3 Å². The third kappa shape index (κ3) is 4.67. The summed E-state index contributed by atoms with van der Waals surface area (Å²) in [6.07, 6.45) is 2.95. The van der Waals surface area contributed by atoms with Gasteiger partial charge in [0.25, 0.3) is 0 Å². The summed E-state index contributed by atoms with van der Waals surface area (Å²) in [6.45, 7) is 3.47. The lowest BCUT2D eigenvalue weighted by Crippen LogP contribution is -2.38. The highest BCUT2D eigenvalue weighted by molar-refractivity contribution is 5.78. The summed E-state index contributed by atoms with van der Waals surface area (Å²) < 4.78 is 26.5. The van der Waals surface area contributed by atoms with Crippen molar-refractivity contribution in [3.8, 4) is 22.6 Å². The normalized spacial score (nSPS) is 17.7. The Balaban J connectivity index is 1.45. The fourth-order valence-electron chi connectivity index (χ4n) is 4.65. The molecule has 2 atom stereocenters. The molecule has 1 saturated heterocycles. The van der Waals surface area contributed by atoms with Crippen molar-refractivity contribution in [3.05, 3.63) is 71.2 Å². The molecular weight excluding hydrogens is 447 g/mol. The van der Waals surface area contributed by atoms with E-state index in [-0.39, 0.29) is 11.9 Å². The third-order valence-electron chi connectivity index (χ3n) is 6.89. The molecule has 0 radical (unpaired) electrons. The number of anilines is 1. The zero-order valence-electron chi connectivity index (χ0n) is 20.0. The largest absolute Gasteiger partial charge is 0.497 e. The molecule has 3 heterocycles. The van der Waals surface area contributed by atoms with Gasteiger partial charge in [0.05, 0.1) is 18.7 Å². The molecular formula is C28H29FN2O4. The molecule has 35 heavy (non-hydrogen) atoms. The predicted molar refractivity (Wildman–Crippen MR) is 132 cm³/mol. The van der Waals surface area contributed by atoms with Crippen LogP contribution in [0, 0.1) is 11.7 Å². The summed E-state index contributed by atoms with van der Waals surface area (Å²) in [5.41, 5.74) is 4.08. The van der Waals surface area contributed by atoms with E-state index in [1.165, 1.54) is 6.07 Å². The monoisotopic (exact) mass is 476 g/mol. The highest BCUT2D eigenvalue weighted by Crippen LogP contribution is 2.39. The van der Waals surface area contributed by atoms with Crippen LogP contribution in [-0.4, -0.2) is 36.3 Å². The van der Waals surface area contributed by atoms with Gasteiger partial charge < -0.3 is 19.5 Å². The van der Waals surface area contributed by atoms with E-state index in [1.54, 1.807) is 26.2 Å². The minimum absolute atomic E-state index is 0.223. The Labute approximate surface area is 204 Å². The van der Waals surface area contributed by atoms with Crippen LogP contribution in [0.3, 0.4) is 0 Å². The van der Waals surface area contributed by atoms with Gasteiger partial charge in [0.2, 0.25) is 0 Å². The smallest absolute Gasteiger partial charge is 0.306 e. The van der Waals surface area contributed by atoms with Gasteiger partial charge in [0.1, 0.15) is 29.2 Å². The number of benzene rings is 2. The van der Waals surface area contributed by atoms with E-state index in [2.05, 4.69) is 4.90 Å². The lowest BCUT2D eigenvalue weighted by atomic mass is 9.95. The van der Waals surface area contributed by atoms with E-state index >= 15 is 0 Å². The zero-order chi connectivity index (χ0) is 24.5. The Morgan fingerprint density at radius 1 is 1.20 bits per heavy atom. The number of ether oxygens (including phenoxy) is 2. The second kappa shape index (κ2) is 9.56. The number of hydrogen-bond acceptors (Lipinski definition) is 5. The van der Waals surface area contributed by atoms with Crippen LogP contribution < -0.4 is 14.4 Å². The molecule has 7 heteroatoms. The van der Waals surface area contributed by atoms with E-state index in [4.69, 9.17) is 14.5 Å². The quantitative estimate of drug-likeness (QED) is 0.490. The molecule has 0 spiro atoms. The molecule has 2 aromatic carbocycles. The van der Waals surface area contributed by atoms with Gasteiger partial charge in [-0.15, -0.1) is 0 Å². The molecule has 0 saturated carbocycles. The topological polar surface area (TPSA) is 71.9 Å². The Hall–Kier alpha value is -3.61. The number of nitrogens with zero attached hydrogens (tertiary/aromatic N) is 2. The Bertz CT molecular complexity index is 1260. The lowest BCUT2D eigenvalue weighted by Gasteiger charge is -2.35. The first kappa shape index (κ1) is 23.1. The Morgan fingerprint density at radius 3 is 2.74 bits per heavy atom. The number of pyridine rings is 1. The van der Waals surface area contributed by atoms with Crippen molar-refractivity contribution < 1.29 is 23.8 Å².